The minimum atomic E-state index is -0.261. The summed E-state index contributed by atoms with van der Waals surface area (Å²) in [7, 11) is 1.61. The van der Waals surface area contributed by atoms with Gasteiger partial charge in [0.25, 0.3) is 5.91 Å². The molecule has 2 rings (SSSR count). The van der Waals surface area contributed by atoms with Crippen LogP contribution in [-0.4, -0.2) is 18.0 Å². The number of aromatic nitrogens is 1. The highest BCUT2D eigenvalue weighted by molar-refractivity contribution is 6.29. The fourth-order valence-corrected chi connectivity index (χ4v) is 1.96. The topological polar surface area (TPSA) is 51.2 Å². The van der Waals surface area contributed by atoms with Crippen molar-refractivity contribution >= 4 is 17.5 Å². The summed E-state index contributed by atoms with van der Waals surface area (Å²) in [5.74, 6) is 0.493. The second kappa shape index (κ2) is 6.39. The van der Waals surface area contributed by atoms with Crippen molar-refractivity contribution in [3.63, 3.8) is 0 Å². The smallest absolute Gasteiger partial charge is 0.270 e. The maximum Gasteiger partial charge on any atom is 0.270 e. The Bertz CT molecular complexity index is 616. The minimum Gasteiger partial charge on any atom is -0.497 e. The van der Waals surface area contributed by atoms with Gasteiger partial charge in [0.2, 0.25) is 0 Å². The fraction of sp³-hybridized carbons (Fsp3) is 0.200. The molecule has 20 heavy (non-hydrogen) atoms. The quantitative estimate of drug-likeness (QED) is 0.880. The van der Waals surface area contributed by atoms with E-state index in [1.54, 1.807) is 25.3 Å². The highest BCUT2D eigenvalue weighted by Gasteiger charge is 2.13. The highest BCUT2D eigenvalue weighted by atomic mass is 35.5. The van der Waals surface area contributed by atoms with Gasteiger partial charge in [-0.15, -0.1) is 0 Å². The molecule has 0 spiro atoms. The average Bonchev–Trinajstić information content (AvgIpc) is 2.47. The van der Waals surface area contributed by atoms with Crippen LogP contribution in [0.3, 0.4) is 0 Å². The summed E-state index contributed by atoms with van der Waals surface area (Å²) in [6, 6.07) is 12.3. The average molecular weight is 291 g/mol. The second-order valence-electron chi connectivity index (χ2n) is 4.32. The summed E-state index contributed by atoms with van der Waals surface area (Å²) >= 11 is 5.77. The lowest BCUT2D eigenvalue weighted by atomic mass is 10.1. The molecule has 104 valence electrons. The molecule has 1 atom stereocenters. The predicted octanol–water partition coefficient (Wildman–Crippen LogP) is 3.23. The number of methoxy groups -OCH3 is 1. The molecule has 0 radical (unpaired) electrons. The molecule has 1 unspecified atom stereocenters. The number of nitrogens with zero attached hydrogens (tertiary/aromatic N) is 1. The van der Waals surface area contributed by atoms with Crippen molar-refractivity contribution < 1.29 is 9.53 Å². The zero-order chi connectivity index (χ0) is 14.5. The number of nitrogens with one attached hydrogen (secondary N) is 1. The summed E-state index contributed by atoms with van der Waals surface area (Å²) < 4.78 is 5.17. The van der Waals surface area contributed by atoms with Gasteiger partial charge in [-0.1, -0.05) is 29.8 Å². The maximum absolute atomic E-state index is 12.1. The Morgan fingerprint density at radius 2 is 2.05 bits per heavy atom. The molecule has 0 aliphatic rings. The number of hydrogen-bond donors (Lipinski definition) is 1. The standard InChI is InChI=1S/C15H15ClN2O2/c1-10(11-5-3-6-12(9-11)20-2)17-15(19)13-7-4-8-14(16)18-13/h3-10H,1-2H3,(H,17,19). The Morgan fingerprint density at radius 3 is 2.75 bits per heavy atom. The first-order chi connectivity index (χ1) is 9.60. The number of pyridine rings is 1. The molecule has 0 aliphatic heterocycles. The first-order valence-corrected chi connectivity index (χ1v) is 6.55. The van der Waals surface area contributed by atoms with Crippen LogP contribution >= 0.6 is 11.6 Å². The Kier molecular flexibility index (Phi) is 4.58. The molecule has 1 aromatic carbocycles. The zero-order valence-electron chi connectivity index (χ0n) is 11.3. The van der Waals surface area contributed by atoms with Gasteiger partial charge in [-0.05, 0) is 36.8 Å². The number of carbonyl (C=O) groups excluding carboxylic acids is 1. The van der Waals surface area contributed by atoms with E-state index in [2.05, 4.69) is 10.3 Å². The number of halogens is 1. The van der Waals surface area contributed by atoms with E-state index in [1.807, 2.05) is 31.2 Å². The van der Waals surface area contributed by atoms with Crippen LogP contribution in [0.25, 0.3) is 0 Å². The van der Waals surface area contributed by atoms with Crippen LogP contribution in [0.1, 0.15) is 29.0 Å². The Balaban J connectivity index is 2.10. The van der Waals surface area contributed by atoms with Gasteiger partial charge < -0.3 is 10.1 Å². The van der Waals surface area contributed by atoms with Crippen LogP contribution in [0.5, 0.6) is 5.75 Å². The van der Waals surface area contributed by atoms with Crippen LogP contribution in [0.2, 0.25) is 5.15 Å². The monoisotopic (exact) mass is 290 g/mol. The molecule has 1 aromatic heterocycles. The number of carbonyl (C=O) groups is 1. The van der Waals surface area contributed by atoms with Gasteiger partial charge in [0.05, 0.1) is 13.2 Å². The highest BCUT2D eigenvalue weighted by Crippen LogP contribution is 2.19. The summed E-state index contributed by atoms with van der Waals surface area (Å²) in [4.78, 5) is 16.1. The van der Waals surface area contributed by atoms with Crippen molar-refractivity contribution in [1.29, 1.82) is 0 Å². The van der Waals surface area contributed by atoms with E-state index in [9.17, 15) is 4.79 Å². The van der Waals surface area contributed by atoms with Crippen molar-refractivity contribution in [2.45, 2.75) is 13.0 Å². The van der Waals surface area contributed by atoms with Crippen molar-refractivity contribution in [3.8, 4) is 5.75 Å². The van der Waals surface area contributed by atoms with Crippen molar-refractivity contribution in [2.75, 3.05) is 7.11 Å². The number of ether oxygens (including phenoxy) is 1. The van der Waals surface area contributed by atoms with E-state index < -0.39 is 0 Å². The Morgan fingerprint density at radius 1 is 1.30 bits per heavy atom. The minimum absolute atomic E-state index is 0.154. The molecule has 5 heteroatoms. The third-order valence-corrected chi connectivity index (χ3v) is 3.10. The first kappa shape index (κ1) is 14.3. The maximum atomic E-state index is 12.1. The predicted molar refractivity (Wildman–Crippen MR) is 78.1 cm³/mol. The second-order valence-corrected chi connectivity index (χ2v) is 4.70. The van der Waals surface area contributed by atoms with Crippen molar-refractivity contribution in [3.05, 3.63) is 58.9 Å². The van der Waals surface area contributed by atoms with Crippen LogP contribution in [0.15, 0.2) is 42.5 Å². The summed E-state index contributed by atoms with van der Waals surface area (Å²) in [6.45, 7) is 1.90. The van der Waals surface area contributed by atoms with Gasteiger partial charge in [-0.2, -0.15) is 0 Å². The molecule has 1 heterocycles. The van der Waals surface area contributed by atoms with Gasteiger partial charge in [0.15, 0.2) is 0 Å². The summed E-state index contributed by atoms with van der Waals surface area (Å²) in [6.07, 6.45) is 0. The number of rotatable bonds is 4. The summed E-state index contributed by atoms with van der Waals surface area (Å²) in [5.41, 5.74) is 1.26. The van der Waals surface area contributed by atoms with E-state index in [-0.39, 0.29) is 11.9 Å². The molecule has 0 aliphatic carbocycles. The number of hydrogen-bond acceptors (Lipinski definition) is 3. The number of benzene rings is 1. The van der Waals surface area contributed by atoms with Gasteiger partial charge in [-0.3, -0.25) is 4.79 Å². The summed E-state index contributed by atoms with van der Waals surface area (Å²) in [5, 5.41) is 3.17. The van der Waals surface area contributed by atoms with Gasteiger partial charge in [-0.25, -0.2) is 4.98 Å². The van der Waals surface area contributed by atoms with Gasteiger partial charge in [0, 0.05) is 0 Å². The van der Waals surface area contributed by atoms with Crippen LogP contribution in [0.4, 0.5) is 0 Å². The molecule has 1 N–H and O–H groups in total. The molecular formula is C15H15ClN2O2. The SMILES string of the molecule is COc1cccc(C(C)NC(=O)c2cccc(Cl)n2)c1. The van der Waals surface area contributed by atoms with Crippen LogP contribution < -0.4 is 10.1 Å². The number of amides is 1. The normalized spacial score (nSPS) is 11.8. The van der Waals surface area contributed by atoms with E-state index in [0.29, 0.717) is 10.8 Å². The zero-order valence-corrected chi connectivity index (χ0v) is 12.0. The van der Waals surface area contributed by atoms with Crippen molar-refractivity contribution in [1.82, 2.24) is 10.3 Å². The molecule has 1 amide bonds. The third-order valence-electron chi connectivity index (χ3n) is 2.89. The molecule has 0 saturated heterocycles. The van der Waals surface area contributed by atoms with E-state index in [1.165, 1.54) is 0 Å². The first-order valence-electron chi connectivity index (χ1n) is 6.17. The molecule has 4 nitrogen and oxygen atoms in total. The van der Waals surface area contributed by atoms with Gasteiger partial charge in [0.1, 0.15) is 16.6 Å². The largest absolute Gasteiger partial charge is 0.497 e. The lowest BCUT2D eigenvalue weighted by Gasteiger charge is -2.15. The molecule has 0 saturated carbocycles. The van der Waals surface area contributed by atoms with E-state index >= 15 is 0 Å². The van der Waals surface area contributed by atoms with Crippen molar-refractivity contribution in [2.24, 2.45) is 0 Å². The Hall–Kier alpha value is -2.07. The lowest BCUT2D eigenvalue weighted by Crippen LogP contribution is -2.27. The van der Waals surface area contributed by atoms with Crippen LogP contribution in [0, 0.1) is 0 Å². The van der Waals surface area contributed by atoms with E-state index in [0.717, 1.165) is 11.3 Å². The lowest BCUT2D eigenvalue weighted by molar-refractivity contribution is 0.0935. The van der Waals surface area contributed by atoms with Gasteiger partial charge >= 0.3 is 0 Å². The Labute approximate surface area is 122 Å². The molecule has 0 fully saturated rings. The molecule has 2 aromatic rings. The fourth-order valence-electron chi connectivity index (χ4n) is 1.80. The van der Waals surface area contributed by atoms with Crippen LogP contribution in [-0.2, 0) is 0 Å². The molecule has 0 bridgehead atoms. The van der Waals surface area contributed by atoms with E-state index in [4.69, 9.17) is 16.3 Å². The third kappa shape index (κ3) is 3.48. The molecular weight excluding hydrogens is 276 g/mol.